The fourth-order valence-electron chi connectivity index (χ4n) is 3.94. The van der Waals surface area contributed by atoms with Gasteiger partial charge in [0.05, 0.1) is 5.69 Å². The van der Waals surface area contributed by atoms with Crippen LogP contribution >= 0.6 is 11.3 Å². The normalized spacial score (nSPS) is 12.8. The third kappa shape index (κ3) is 9.45. The van der Waals surface area contributed by atoms with Crippen LogP contribution in [0.15, 0.2) is 24.3 Å². The molecule has 14 nitrogen and oxygen atoms in total. The minimum atomic E-state index is -1.68. The summed E-state index contributed by atoms with van der Waals surface area (Å²) in [4.78, 5) is 64.2. The van der Waals surface area contributed by atoms with Gasteiger partial charge in [-0.25, -0.2) is 4.98 Å². The number of nitrogens with zero attached hydrogens (tertiary/aromatic N) is 2. The number of thiazole rings is 1. The molecule has 0 atom stereocenters. The molecule has 2 heterocycles. The number of aromatic nitrogens is 1. The predicted molar refractivity (Wildman–Crippen MR) is 138 cm³/mol. The van der Waals surface area contributed by atoms with E-state index in [9.17, 15) is 34.2 Å². The van der Waals surface area contributed by atoms with Crippen molar-refractivity contribution in [2.75, 3.05) is 30.3 Å². The Labute approximate surface area is 228 Å². The summed E-state index contributed by atoms with van der Waals surface area (Å²) in [5.74, 6) is -0.475. The average Bonchev–Trinajstić information content (AvgIpc) is 3.45. The summed E-state index contributed by atoms with van der Waals surface area (Å²) in [5.41, 5.74) is 1.81. The van der Waals surface area contributed by atoms with Gasteiger partial charge in [0.25, 0.3) is 5.91 Å². The Morgan fingerprint density at radius 2 is 1.77 bits per heavy atom. The van der Waals surface area contributed by atoms with Crippen LogP contribution < -0.4 is 36.8 Å². The second-order valence-corrected chi connectivity index (χ2v) is 9.71. The molecule has 0 bridgehead atoms. The fourth-order valence-corrected chi connectivity index (χ4v) is 4.91. The smallest absolute Gasteiger partial charge is 0.263 e. The van der Waals surface area contributed by atoms with Gasteiger partial charge in [-0.2, -0.15) is 0 Å². The maximum Gasteiger partial charge on any atom is 0.263 e. The number of hydrogen-bond acceptors (Lipinski definition) is 10. The van der Waals surface area contributed by atoms with Crippen LogP contribution in [0.2, 0.25) is 0 Å². The molecule has 0 radical (unpaired) electrons. The van der Waals surface area contributed by atoms with E-state index in [4.69, 9.17) is 0 Å². The predicted octanol–water partition coefficient (Wildman–Crippen LogP) is -0.810. The van der Waals surface area contributed by atoms with Crippen LogP contribution in [-0.4, -0.2) is 65.7 Å². The highest BCUT2D eigenvalue weighted by Crippen LogP contribution is 2.25. The number of likely N-dealkylation sites (tertiary alicyclic amines) is 1. The molecule has 0 saturated carbocycles. The molecule has 39 heavy (non-hydrogen) atoms. The van der Waals surface area contributed by atoms with Crippen LogP contribution in [0.3, 0.4) is 0 Å². The maximum atomic E-state index is 12.9. The number of aryl methyl sites for hydroxylation is 2. The Morgan fingerprint density at radius 3 is 2.36 bits per heavy atom. The molecule has 5 amide bonds. The molecule has 1 fully saturated rings. The first-order valence-electron chi connectivity index (χ1n) is 12.2. The van der Waals surface area contributed by atoms with Gasteiger partial charge in [-0.3, -0.25) is 14.4 Å². The van der Waals surface area contributed by atoms with Crippen molar-refractivity contribution >= 4 is 52.1 Å². The van der Waals surface area contributed by atoms with Crippen LogP contribution in [0, 0.1) is 0 Å². The lowest BCUT2D eigenvalue weighted by molar-refractivity contribution is -0.255. The Kier molecular flexibility index (Phi) is 10.4. The van der Waals surface area contributed by atoms with Crippen LogP contribution in [0.4, 0.5) is 20.4 Å². The molecular weight excluding hydrogens is 530 g/mol. The van der Waals surface area contributed by atoms with Crippen LogP contribution in [0.1, 0.15) is 47.1 Å². The summed E-state index contributed by atoms with van der Waals surface area (Å²) in [6.45, 7) is 3.08. The van der Waals surface area contributed by atoms with Gasteiger partial charge in [-0.1, -0.05) is 23.5 Å². The van der Waals surface area contributed by atoms with E-state index >= 15 is 0 Å². The van der Waals surface area contributed by atoms with Crippen molar-refractivity contribution in [2.45, 2.75) is 45.3 Å². The summed E-state index contributed by atoms with van der Waals surface area (Å²) >= 11 is 1.08. The van der Waals surface area contributed by atoms with E-state index in [-0.39, 0.29) is 17.7 Å². The van der Waals surface area contributed by atoms with E-state index in [1.54, 1.807) is 29.2 Å². The van der Waals surface area contributed by atoms with Crippen molar-refractivity contribution in [3.05, 3.63) is 40.4 Å². The molecule has 1 aliphatic rings. The van der Waals surface area contributed by atoms with Crippen molar-refractivity contribution in [3.8, 4) is 0 Å². The number of carbonyl (C=O) groups excluding carboxylic acids is 5. The third-order valence-electron chi connectivity index (χ3n) is 5.69. The van der Waals surface area contributed by atoms with Gasteiger partial charge in [0.2, 0.25) is 11.8 Å². The molecule has 2 aromatic rings. The molecule has 1 saturated heterocycles. The molecule has 1 aromatic heterocycles. The van der Waals surface area contributed by atoms with Gasteiger partial charge in [-0.05, 0) is 43.4 Å². The summed E-state index contributed by atoms with van der Waals surface area (Å²) in [6.07, 6.45) is -1.77. The van der Waals surface area contributed by atoms with Gasteiger partial charge in [0, 0.05) is 38.7 Å². The Bertz CT molecular complexity index is 1190. The second kappa shape index (κ2) is 13.9. The molecule has 0 aliphatic carbocycles. The van der Waals surface area contributed by atoms with Gasteiger partial charge in [0.1, 0.15) is 17.1 Å². The van der Waals surface area contributed by atoms with E-state index in [1.165, 1.54) is 6.92 Å². The van der Waals surface area contributed by atoms with Gasteiger partial charge >= 0.3 is 0 Å². The minimum Gasteiger partial charge on any atom is -0.530 e. The minimum absolute atomic E-state index is 0.137. The zero-order chi connectivity index (χ0) is 28.4. The molecule has 3 rings (SSSR count). The molecule has 1 aromatic carbocycles. The highest BCUT2D eigenvalue weighted by molar-refractivity contribution is 7.17. The molecule has 210 valence electrons. The summed E-state index contributed by atoms with van der Waals surface area (Å²) in [7, 11) is 0. The van der Waals surface area contributed by atoms with E-state index in [2.05, 4.69) is 20.9 Å². The molecule has 0 spiro atoms. The Hall–Kier alpha value is -4.40. The number of amides is 5. The van der Waals surface area contributed by atoms with Crippen LogP contribution in [0.5, 0.6) is 0 Å². The van der Waals surface area contributed by atoms with E-state index in [1.807, 2.05) is 10.6 Å². The zero-order valence-corrected chi connectivity index (χ0v) is 22.0. The molecule has 1 aliphatic heterocycles. The number of hydrogen-bond donors (Lipinski definition) is 5. The monoisotopic (exact) mass is 559 g/mol. The topological polar surface area (TPSA) is 208 Å². The largest absolute Gasteiger partial charge is 0.530 e. The molecule has 0 unspecified atom stereocenters. The summed E-state index contributed by atoms with van der Waals surface area (Å²) < 4.78 is 0. The number of rotatable bonds is 13. The Balaban J connectivity index is 1.59. The lowest BCUT2D eigenvalue weighted by atomic mass is 10.1. The van der Waals surface area contributed by atoms with Crippen LogP contribution in [-0.2, 0) is 22.4 Å². The maximum absolute atomic E-state index is 12.9. The lowest BCUT2D eigenvalue weighted by Gasteiger charge is -2.24. The SMILES string of the molecule is CC(=O)Nc1nc(CCc2ccc(NC(NC(=O)[O-])NC(=O)[O-])cc2)c(C(=O)NCCCN2CCCC2=O)s1. The van der Waals surface area contributed by atoms with Crippen molar-refractivity contribution < 1.29 is 34.2 Å². The highest BCUT2D eigenvalue weighted by atomic mass is 32.1. The summed E-state index contributed by atoms with van der Waals surface area (Å²) in [6, 6.07) is 6.74. The van der Waals surface area contributed by atoms with Crippen molar-refractivity contribution in [2.24, 2.45) is 0 Å². The molecular formula is C24H29N7O7S-2. The fraction of sp³-hybridized carbons (Fsp3) is 0.417. The number of carbonyl (C=O) groups is 5. The highest BCUT2D eigenvalue weighted by Gasteiger charge is 2.21. The first-order valence-corrected chi connectivity index (χ1v) is 13.1. The second-order valence-electron chi connectivity index (χ2n) is 8.71. The lowest BCUT2D eigenvalue weighted by Crippen LogP contribution is -2.58. The van der Waals surface area contributed by atoms with E-state index in [0.717, 1.165) is 29.9 Å². The third-order valence-corrected chi connectivity index (χ3v) is 6.70. The first-order chi connectivity index (χ1) is 18.6. The van der Waals surface area contributed by atoms with Gasteiger partial charge in [0.15, 0.2) is 11.4 Å². The number of anilines is 2. The van der Waals surface area contributed by atoms with Crippen molar-refractivity contribution in [3.63, 3.8) is 0 Å². The van der Waals surface area contributed by atoms with Gasteiger partial charge < -0.3 is 51.3 Å². The van der Waals surface area contributed by atoms with Crippen LogP contribution in [0.25, 0.3) is 0 Å². The average molecular weight is 560 g/mol. The number of nitrogens with one attached hydrogen (secondary N) is 5. The Morgan fingerprint density at radius 1 is 1.08 bits per heavy atom. The first kappa shape index (κ1) is 29.2. The molecule has 5 N–H and O–H groups in total. The van der Waals surface area contributed by atoms with Crippen molar-refractivity contribution in [1.82, 2.24) is 25.8 Å². The quantitative estimate of drug-likeness (QED) is 0.153. The van der Waals surface area contributed by atoms with Crippen molar-refractivity contribution in [1.29, 1.82) is 0 Å². The number of benzene rings is 1. The standard InChI is InChI=1S/C24H31N7O7S/c1-14(32)26-22-28-17(19(39-22)20(34)25-11-3-13-31-12-2-4-18(31)33)10-7-15-5-8-16(9-6-15)27-21(29-23(35)36)30-24(37)38/h5-6,8-9,21,27,29-30H,2-4,7,10-13H2,1H3,(H,25,34)(H,35,36)(H,37,38)(H,26,28,32)/p-2. The zero-order valence-electron chi connectivity index (χ0n) is 21.2. The number of carboxylic acid groups (broad SMARTS) is 2. The summed E-state index contributed by atoms with van der Waals surface area (Å²) in [5, 5.41) is 33.6. The van der Waals surface area contributed by atoms with E-state index < -0.39 is 18.5 Å². The van der Waals surface area contributed by atoms with Gasteiger partial charge in [-0.15, -0.1) is 0 Å². The molecule has 15 heteroatoms. The van der Waals surface area contributed by atoms with E-state index in [0.29, 0.717) is 60.2 Å².